The lowest BCUT2D eigenvalue weighted by Gasteiger charge is -2.38. The number of carbonyl (C=O) groups excluding carboxylic acids is 2. The molecular formula is C19H19Cl2N3O2S2. The molecule has 9 heteroatoms. The molecule has 1 aromatic heterocycles. The zero-order chi connectivity index (χ0) is 19.8. The van der Waals surface area contributed by atoms with E-state index in [2.05, 4.69) is 10.6 Å². The molecule has 4 rings (SSSR count). The Bertz CT molecular complexity index is 971. The highest BCUT2D eigenvalue weighted by molar-refractivity contribution is 7.73. The molecule has 0 radical (unpaired) electrons. The lowest BCUT2D eigenvalue weighted by atomic mass is 9.82. The van der Waals surface area contributed by atoms with E-state index in [4.69, 9.17) is 35.4 Å². The lowest BCUT2D eigenvalue weighted by molar-refractivity contribution is -0.123. The molecule has 3 unspecified atom stereocenters. The second-order valence-corrected chi connectivity index (χ2v) is 9.82. The third-order valence-corrected chi connectivity index (χ3v) is 7.37. The maximum atomic E-state index is 12.7. The van der Waals surface area contributed by atoms with Gasteiger partial charge in [0.2, 0.25) is 5.91 Å². The number of halogens is 2. The summed E-state index contributed by atoms with van der Waals surface area (Å²) in [6.07, 6.45) is 2.97. The van der Waals surface area contributed by atoms with Crippen molar-refractivity contribution in [3.63, 3.8) is 0 Å². The van der Waals surface area contributed by atoms with Crippen LogP contribution in [0.4, 0.5) is 5.82 Å². The Hall–Kier alpha value is -1.41. The van der Waals surface area contributed by atoms with Gasteiger partial charge in [-0.05, 0) is 55.6 Å². The van der Waals surface area contributed by atoms with Gasteiger partial charge in [0.05, 0.1) is 5.92 Å². The molecule has 2 aromatic rings. The summed E-state index contributed by atoms with van der Waals surface area (Å²) >= 11 is 18.9. The molecular weight excluding hydrogens is 437 g/mol. The first-order valence-corrected chi connectivity index (χ1v) is 11.2. The van der Waals surface area contributed by atoms with Crippen molar-refractivity contribution in [1.29, 1.82) is 0 Å². The molecule has 2 amide bonds. The molecule has 1 aromatic carbocycles. The van der Waals surface area contributed by atoms with Crippen molar-refractivity contribution in [2.24, 2.45) is 5.92 Å². The van der Waals surface area contributed by atoms with Crippen LogP contribution in [0.1, 0.15) is 40.5 Å². The Morgan fingerprint density at radius 1 is 1.32 bits per heavy atom. The van der Waals surface area contributed by atoms with E-state index in [1.807, 2.05) is 28.8 Å². The van der Waals surface area contributed by atoms with E-state index in [1.165, 1.54) is 11.3 Å². The van der Waals surface area contributed by atoms with E-state index >= 15 is 0 Å². The summed E-state index contributed by atoms with van der Waals surface area (Å²) in [5.74, 6) is 0.0473. The quantitative estimate of drug-likeness (QED) is 0.513. The second kappa shape index (κ2) is 8.14. The molecule has 2 heterocycles. The fraction of sp³-hybridized carbons (Fsp3) is 0.421. The van der Waals surface area contributed by atoms with E-state index in [0.29, 0.717) is 39.1 Å². The molecule has 1 aliphatic heterocycles. The zero-order valence-corrected chi connectivity index (χ0v) is 18.1. The Morgan fingerprint density at radius 2 is 2.07 bits per heavy atom. The van der Waals surface area contributed by atoms with Crippen LogP contribution in [0.5, 0.6) is 0 Å². The Kier molecular flexibility index (Phi) is 5.78. The standard InChI is InChI=1S/C19H19Cl2N3O2S2/c20-11-3-1-10(2-4-11)7-8-22-18(26)15-16-23-17(25)13-9-12(21)5-6-14(13)24(16)19(27)28-15/h1-4,12-14H,5-9H2,(H,22,26)(H,23,25). The number of fused-ring (bicyclic) bond motifs is 3. The first-order chi connectivity index (χ1) is 13.4. The predicted octanol–water partition coefficient (Wildman–Crippen LogP) is 4.81. The number of hydrogen-bond donors (Lipinski definition) is 2. The van der Waals surface area contributed by atoms with Crippen LogP contribution in [0.15, 0.2) is 24.3 Å². The molecule has 0 spiro atoms. The van der Waals surface area contributed by atoms with Crippen molar-refractivity contribution in [3.8, 4) is 0 Å². The Labute approximate surface area is 182 Å². The number of nitrogens with one attached hydrogen (secondary N) is 2. The highest BCUT2D eigenvalue weighted by Crippen LogP contribution is 2.44. The van der Waals surface area contributed by atoms with Gasteiger partial charge in [-0.1, -0.05) is 35.1 Å². The molecule has 1 saturated carbocycles. The zero-order valence-electron chi connectivity index (χ0n) is 14.9. The van der Waals surface area contributed by atoms with Crippen LogP contribution >= 0.6 is 46.8 Å². The smallest absolute Gasteiger partial charge is 0.265 e. The minimum absolute atomic E-state index is 0.0111. The van der Waals surface area contributed by atoms with Crippen LogP contribution in [-0.2, 0) is 11.2 Å². The summed E-state index contributed by atoms with van der Waals surface area (Å²) in [6.45, 7) is 0.485. The molecule has 148 valence electrons. The number of thiazole rings is 1. The molecule has 5 nitrogen and oxygen atoms in total. The molecule has 1 aliphatic carbocycles. The van der Waals surface area contributed by atoms with Gasteiger partial charge in [-0.15, -0.1) is 11.6 Å². The number of anilines is 1. The van der Waals surface area contributed by atoms with Crippen molar-refractivity contribution >= 4 is 64.4 Å². The Morgan fingerprint density at radius 3 is 2.82 bits per heavy atom. The average Bonchev–Trinajstić information content (AvgIpc) is 3.00. The highest BCUT2D eigenvalue weighted by atomic mass is 35.5. The van der Waals surface area contributed by atoms with Gasteiger partial charge >= 0.3 is 0 Å². The molecule has 28 heavy (non-hydrogen) atoms. The molecule has 1 fully saturated rings. The summed E-state index contributed by atoms with van der Waals surface area (Å²) in [6, 6.07) is 7.52. The van der Waals surface area contributed by atoms with Crippen LogP contribution in [0, 0.1) is 9.87 Å². The minimum Gasteiger partial charge on any atom is -0.351 e. The van der Waals surface area contributed by atoms with Gasteiger partial charge in [-0.3, -0.25) is 9.59 Å². The Balaban J connectivity index is 1.50. The number of benzene rings is 1. The number of hydrogen-bond acceptors (Lipinski definition) is 4. The number of nitrogens with zero attached hydrogens (tertiary/aromatic N) is 1. The predicted molar refractivity (Wildman–Crippen MR) is 115 cm³/mol. The first kappa shape index (κ1) is 19.9. The van der Waals surface area contributed by atoms with Gasteiger partial charge in [0, 0.05) is 23.0 Å². The number of alkyl halides is 1. The van der Waals surface area contributed by atoms with E-state index < -0.39 is 0 Å². The van der Waals surface area contributed by atoms with Crippen LogP contribution < -0.4 is 10.6 Å². The molecule has 0 saturated heterocycles. The summed E-state index contributed by atoms with van der Waals surface area (Å²) in [4.78, 5) is 25.8. The normalized spacial score (nSPS) is 23.5. The fourth-order valence-corrected chi connectivity index (χ4v) is 5.74. The largest absolute Gasteiger partial charge is 0.351 e. The number of amides is 2. The highest BCUT2D eigenvalue weighted by Gasteiger charge is 2.42. The van der Waals surface area contributed by atoms with Crippen molar-refractivity contribution < 1.29 is 9.59 Å². The van der Waals surface area contributed by atoms with Crippen molar-refractivity contribution in [3.05, 3.63) is 43.7 Å². The van der Waals surface area contributed by atoms with E-state index in [9.17, 15) is 9.59 Å². The SMILES string of the molecule is O=C(NCCc1ccc(Cl)cc1)c1sc(=S)n2c1NC(=O)C1CC(Cl)CCC12. The third kappa shape index (κ3) is 3.85. The number of carbonyl (C=O) groups is 2. The van der Waals surface area contributed by atoms with Crippen LogP contribution in [-0.4, -0.2) is 28.3 Å². The summed E-state index contributed by atoms with van der Waals surface area (Å²) in [7, 11) is 0. The van der Waals surface area contributed by atoms with E-state index in [1.54, 1.807) is 0 Å². The van der Waals surface area contributed by atoms with Gasteiger partial charge in [-0.2, -0.15) is 0 Å². The summed E-state index contributed by atoms with van der Waals surface area (Å²) in [5.41, 5.74) is 1.09. The monoisotopic (exact) mass is 455 g/mol. The maximum Gasteiger partial charge on any atom is 0.265 e. The lowest BCUT2D eigenvalue weighted by Crippen LogP contribution is -2.42. The second-order valence-electron chi connectivity index (χ2n) is 7.12. The minimum atomic E-state index is -0.219. The molecule has 0 bridgehead atoms. The van der Waals surface area contributed by atoms with Gasteiger partial charge in [0.15, 0.2) is 3.95 Å². The van der Waals surface area contributed by atoms with Crippen LogP contribution in [0.2, 0.25) is 5.02 Å². The average molecular weight is 456 g/mol. The molecule has 2 N–H and O–H groups in total. The third-order valence-electron chi connectivity index (χ3n) is 5.32. The van der Waals surface area contributed by atoms with Gasteiger partial charge < -0.3 is 15.2 Å². The van der Waals surface area contributed by atoms with E-state index in [0.717, 1.165) is 18.4 Å². The number of aromatic nitrogens is 1. The van der Waals surface area contributed by atoms with Gasteiger partial charge in [0.25, 0.3) is 5.91 Å². The summed E-state index contributed by atoms with van der Waals surface area (Å²) in [5, 5.41) is 6.52. The maximum absolute atomic E-state index is 12.7. The topological polar surface area (TPSA) is 63.1 Å². The molecule has 3 atom stereocenters. The van der Waals surface area contributed by atoms with Crippen molar-refractivity contribution in [1.82, 2.24) is 9.88 Å². The van der Waals surface area contributed by atoms with Crippen LogP contribution in [0.25, 0.3) is 0 Å². The van der Waals surface area contributed by atoms with Gasteiger partial charge in [-0.25, -0.2) is 0 Å². The van der Waals surface area contributed by atoms with Crippen molar-refractivity contribution in [2.45, 2.75) is 37.1 Å². The fourth-order valence-electron chi connectivity index (χ4n) is 3.91. The van der Waals surface area contributed by atoms with Gasteiger partial charge in [0.1, 0.15) is 10.7 Å². The first-order valence-electron chi connectivity index (χ1n) is 9.17. The van der Waals surface area contributed by atoms with Crippen LogP contribution in [0.3, 0.4) is 0 Å². The van der Waals surface area contributed by atoms with Crippen molar-refractivity contribution in [2.75, 3.05) is 11.9 Å². The van der Waals surface area contributed by atoms with E-state index in [-0.39, 0.29) is 29.2 Å². The summed E-state index contributed by atoms with van der Waals surface area (Å²) < 4.78 is 2.56. The number of rotatable bonds is 4. The molecule has 2 aliphatic rings.